The van der Waals surface area contributed by atoms with Gasteiger partial charge in [0.1, 0.15) is 5.75 Å². The van der Waals surface area contributed by atoms with Crippen molar-refractivity contribution in [1.82, 2.24) is 0 Å². The van der Waals surface area contributed by atoms with Crippen LogP contribution in [0.1, 0.15) is 78.5 Å². The van der Waals surface area contributed by atoms with Crippen LogP contribution in [-0.4, -0.2) is 19.2 Å². The lowest BCUT2D eigenvalue weighted by atomic mass is 9.67. The van der Waals surface area contributed by atoms with Gasteiger partial charge in [0.05, 0.1) is 13.2 Å². The van der Waals surface area contributed by atoms with Crippen molar-refractivity contribution in [2.75, 3.05) is 13.2 Å². The monoisotopic (exact) mass is 388 g/mol. The summed E-state index contributed by atoms with van der Waals surface area (Å²) in [6.45, 7) is 16.7. The van der Waals surface area contributed by atoms with Crippen LogP contribution in [0.3, 0.4) is 0 Å². The summed E-state index contributed by atoms with van der Waals surface area (Å²) < 4.78 is 25.4. The molecule has 0 aromatic heterocycles. The molecule has 0 bridgehead atoms. The number of benzene rings is 1. The molecule has 1 aliphatic rings. The maximum absolute atomic E-state index is 14.7. The number of hydrogen-bond donors (Lipinski definition) is 0. The van der Waals surface area contributed by atoms with E-state index < -0.39 is 11.8 Å². The van der Waals surface area contributed by atoms with Crippen LogP contribution in [0.4, 0.5) is 4.39 Å². The molecule has 4 heteroatoms. The first-order chi connectivity index (χ1) is 12.9. The highest BCUT2D eigenvalue weighted by molar-refractivity contribution is 5.96. The van der Waals surface area contributed by atoms with E-state index in [0.717, 1.165) is 12.0 Å². The largest absolute Gasteiger partial charge is 0.493 e. The van der Waals surface area contributed by atoms with Crippen LogP contribution in [-0.2, 0) is 14.9 Å². The van der Waals surface area contributed by atoms with Gasteiger partial charge in [0.2, 0.25) is 5.83 Å². The predicted molar refractivity (Wildman–Crippen MR) is 113 cm³/mol. The van der Waals surface area contributed by atoms with Crippen LogP contribution in [0.2, 0.25) is 0 Å². The summed E-state index contributed by atoms with van der Waals surface area (Å²) in [6, 6.07) is 4.00. The Bertz CT molecular complexity index is 823. The molecule has 0 heterocycles. The van der Waals surface area contributed by atoms with Gasteiger partial charge < -0.3 is 9.47 Å². The fourth-order valence-electron chi connectivity index (χ4n) is 3.68. The molecule has 3 nitrogen and oxygen atoms in total. The van der Waals surface area contributed by atoms with E-state index in [1.807, 2.05) is 19.1 Å². The molecule has 154 valence electrons. The first-order valence-corrected chi connectivity index (χ1v) is 10.00. The van der Waals surface area contributed by atoms with E-state index in [9.17, 15) is 9.18 Å². The second-order valence-corrected chi connectivity index (χ2v) is 8.94. The van der Waals surface area contributed by atoms with Gasteiger partial charge in [-0.05, 0) is 66.9 Å². The van der Waals surface area contributed by atoms with E-state index in [-0.39, 0.29) is 23.0 Å². The van der Waals surface area contributed by atoms with E-state index in [1.54, 1.807) is 13.8 Å². The lowest BCUT2D eigenvalue weighted by Gasteiger charge is -2.37. The van der Waals surface area contributed by atoms with Crippen molar-refractivity contribution >= 4 is 17.1 Å². The van der Waals surface area contributed by atoms with Crippen molar-refractivity contribution in [3.05, 3.63) is 40.7 Å². The average Bonchev–Trinajstić information content (AvgIpc) is 2.59. The Balaban J connectivity index is 2.77. The van der Waals surface area contributed by atoms with Gasteiger partial charge in [-0.25, -0.2) is 4.79 Å². The molecule has 0 saturated heterocycles. The Hall–Kier alpha value is -2.10. The third-order valence-electron chi connectivity index (χ3n) is 5.25. The number of allylic oxidation sites excluding steroid dienone is 3. The second-order valence-electron chi connectivity index (χ2n) is 8.94. The van der Waals surface area contributed by atoms with Gasteiger partial charge in [-0.15, -0.1) is 0 Å². The Morgan fingerprint density at radius 3 is 2.36 bits per heavy atom. The van der Waals surface area contributed by atoms with E-state index in [0.29, 0.717) is 17.9 Å². The number of fused-ring (bicyclic) bond motifs is 1. The average molecular weight is 389 g/mol. The van der Waals surface area contributed by atoms with Gasteiger partial charge in [0.15, 0.2) is 0 Å². The maximum Gasteiger partial charge on any atom is 0.367 e. The number of ether oxygens (including phenoxy) is 2. The van der Waals surface area contributed by atoms with Crippen LogP contribution >= 0.6 is 0 Å². The first-order valence-electron chi connectivity index (χ1n) is 10.00. The molecule has 0 unspecified atom stereocenters. The van der Waals surface area contributed by atoms with Crippen LogP contribution in [0.25, 0.3) is 11.1 Å². The number of esters is 1. The quantitative estimate of drug-likeness (QED) is 0.429. The van der Waals surface area contributed by atoms with Crippen LogP contribution in [0.15, 0.2) is 24.0 Å². The molecule has 1 aromatic rings. The van der Waals surface area contributed by atoms with Gasteiger partial charge in [0.25, 0.3) is 0 Å². The summed E-state index contributed by atoms with van der Waals surface area (Å²) in [7, 11) is 0. The molecule has 0 atom stereocenters. The molecule has 2 rings (SSSR count). The minimum absolute atomic E-state index is 0.0487. The number of rotatable bonds is 5. The minimum Gasteiger partial charge on any atom is -0.493 e. The van der Waals surface area contributed by atoms with Crippen molar-refractivity contribution in [2.24, 2.45) is 5.41 Å². The molecular formula is C24H33FO3. The highest BCUT2D eigenvalue weighted by atomic mass is 19.1. The fourth-order valence-corrected chi connectivity index (χ4v) is 3.68. The molecule has 0 aliphatic heterocycles. The van der Waals surface area contributed by atoms with Crippen molar-refractivity contribution in [1.29, 1.82) is 0 Å². The molecule has 28 heavy (non-hydrogen) atoms. The molecular weight excluding hydrogens is 355 g/mol. The van der Waals surface area contributed by atoms with Gasteiger partial charge in [-0.2, -0.15) is 4.39 Å². The Morgan fingerprint density at radius 2 is 1.82 bits per heavy atom. The zero-order valence-corrected chi connectivity index (χ0v) is 18.5. The molecule has 0 N–H and O–H groups in total. The molecule has 0 spiro atoms. The second kappa shape index (κ2) is 8.10. The SMILES string of the molecule is CCOC(=O)/C(F)=C(\C)c1cc2c(cc1OCC)C(C)(C)CC=C2C(C)(C)C. The van der Waals surface area contributed by atoms with Gasteiger partial charge in [-0.3, -0.25) is 0 Å². The number of carbonyl (C=O) groups is 1. The van der Waals surface area contributed by atoms with E-state index in [4.69, 9.17) is 9.47 Å². The molecule has 0 fully saturated rings. The van der Waals surface area contributed by atoms with Crippen molar-refractivity contribution in [2.45, 2.75) is 67.2 Å². The van der Waals surface area contributed by atoms with Gasteiger partial charge in [-0.1, -0.05) is 40.7 Å². The Morgan fingerprint density at radius 1 is 1.18 bits per heavy atom. The van der Waals surface area contributed by atoms with E-state index in [2.05, 4.69) is 40.7 Å². The predicted octanol–water partition coefficient (Wildman–Crippen LogP) is 6.46. The minimum atomic E-state index is -0.938. The summed E-state index contributed by atoms with van der Waals surface area (Å²) in [5, 5.41) is 0. The third-order valence-corrected chi connectivity index (χ3v) is 5.25. The van der Waals surface area contributed by atoms with Gasteiger partial charge >= 0.3 is 5.97 Å². The highest BCUT2D eigenvalue weighted by Crippen LogP contribution is 2.48. The van der Waals surface area contributed by atoms with Crippen molar-refractivity contribution in [3.63, 3.8) is 0 Å². The number of carbonyl (C=O) groups excluding carboxylic acids is 1. The molecule has 1 aromatic carbocycles. The maximum atomic E-state index is 14.7. The molecule has 0 radical (unpaired) electrons. The molecule has 1 aliphatic carbocycles. The number of halogens is 1. The van der Waals surface area contributed by atoms with E-state index >= 15 is 0 Å². The lowest BCUT2D eigenvalue weighted by Crippen LogP contribution is -2.25. The summed E-state index contributed by atoms with van der Waals surface area (Å²) in [5.74, 6) is -1.22. The fraction of sp³-hybridized carbons (Fsp3) is 0.542. The smallest absolute Gasteiger partial charge is 0.367 e. The normalized spacial score (nSPS) is 16.7. The number of hydrogen-bond acceptors (Lipinski definition) is 3. The third kappa shape index (κ3) is 4.31. The zero-order valence-electron chi connectivity index (χ0n) is 18.5. The summed E-state index contributed by atoms with van der Waals surface area (Å²) in [5.41, 5.74) is 4.25. The molecule has 0 saturated carbocycles. The standard InChI is InChI=1S/C24H33FO3/c1-9-27-20-14-19-17(18(23(4,5)6)11-12-24(19,7)8)13-16(20)15(3)21(25)22(26)28-10-2/h11,13-14H,9-10,12H2,1-8H3/b21-15-. The first kappa shape index (κ1) is 22.2. The summed E-state index contributed by atoms with van der Waals surface area (Å²) in [6.07, 6.45) is 3.22. The lowest BCUT2D eigenvalue weighted by molar-refractivity contribution is -0.140. The van der Waals surface area contributed by atoms with Crippen LogP contribution in [0.5, 0.6) is 5.75 Å². The topological polar surface area (TPSA) is 35.5 Å². The Labute approximate surface area is 168 Å². The van der Waals surface area contributed by atoms with Crippen molar-refractivity contribution in [3.8, 4) is 5.75 Å². The summed E-state index contributed by atoms with van der Waals surface area (Å²) >= 11 is 0. The van der Waals surface area contributed by atoms with Crippen LogP contribution in [0, 0.1) is 5.41 Å². The van der Waals surface area contributed by atoms with Gasteiger partial charge in [0, 0.05) is 11.1 Å². The zero-order chi connectivity index (χ0) is 21.3. The van der Waals surface area contributed by atoms with Crippen molar-refractivity contribution < 1.29 is 18.7 Å². The molecule has 0 amide bonds. The highest BCUT2D eigenvalue weighted by Gasteiger charge is 2.34. The Kier molecular flexibility index (Phi) is 6.42. The van der Waals surface area contributed by atoms with E-state index in [1.165, 1.54) is 11.1 Å². The van der Waals surface area contributed by atoms with Crippen LogP contribution < -0.4 is 4.74 Å². The summed E-state index contributed by atoms with van der Waals surface area (Å²) in [4.78, 5) is 11.9.